The molecular formula is C27H22BrClFNO3. The molecule has 1 aliphatic carbocycles. The summed E-state index contributed by atoms with van der Waals surface area (Å²) in [5, 5.41) is 0.618. The molecule has 3 aromatic rings. The van der Waals surface area contributed by atoms with E-state index in [0.717, 1.165) is 5.56 Å². The highest BCUT2D eigenvalue weighted by Crippen LogP contribution is 2.73. The number of carbonyl (C=O) groups is 2. The molecule has 7 heteroatoms. The lowest BCUT2D eigenvalue weighted by molar-refractivity contribution is -0.120. The number of rotatable bonds is 4. The molecule has 1 spiro atoms. The van der Waals surface area contributed by atoms with Crippen molar-refractivity contribution in [2.45, 2.75) is 31.1 Å². The molecule has 1 amide bonds. The molecule has 0 N–H and O–H groups in total. The average Bonchev–Trinajstić information content (AvgIpc) is 3.46. The van der Waals surface area contributed by atoms with Crippen LogP contribution in [-0.2, 0) is 20.4 Å². The Hall–Kier alpha value is -2.70. The molecule has 2 unspecified atom stereocenters. The van der Waals surface area contributed by atoms with Gasteiger partial charge in [-0.15, -0.1) is 0 Å². The quantitative estimate of drug-likeness (QED) is 0.336. The summed E-state index contributed by atoms with van der Waals surface area (Å²) in [6, 6.07) is 17.1. The third kappa shape index (κ3) is 3.08. The molecule has 0 bridgehead atoms. The molecule has 1 saturated carbocycles. The van der Waals surface area contributed by atoms with Gasteiger partial charge < -0.3 is 4.74 Å². The summed E-state index contributed by atoms with van der Waals surface area (Å²) in [6.07, 6.45) is 0.558. The molecular weight excluding hydrogens is 521 g/mol. The fourth-order valence-corrected chi connectivity index (χ4v) is 6.37. The van der Waals surface area contributed by atoms with E-state index in [0.29, 0.717) is 38.4 Å². The number of amides is 1. The predicted octanol–water partition coefficient (Wildman–Crippen LogP) is 6.94. The molecule has 2 atom stereocenters. The van der Waals surface area contributed by atoms with Crippen LogP contribution in [0.4, 0.5) is 15.8 Å². The minimum absolute atomic E-state index is 0.0989. The number of ether oxygens (including phenoxy) is 1. The molecule has 2 aliphatic rings. The van der Waals surface area contributed by atoms with Crippen LogP contribution in [0.5, 0.6) is 0 Å². The van der Waals surface area contributed by atoms with E-state index in [1.54, 1.807) is 29.2 Å². The van der Waals surface area contributed by atoms with Crippen LogP contribution in [-0.4, -0.2) is 19.0 Å². The standard InChI is InChI=1S/C27H22BrClFNO3/c1-15(2)26(17-4-6-19(29)7-5-17)14-27(26)22-13-20(30)8-9-23(22)31(25(27)33)21-11-16(24(32)34-3)10-18(28)12-21/h4-13,15H,14H2,1-3H3. The second kappa shape index (κ2) is 7.92. The minimum Gasteiger partial charge on any atom is -0.465 e. The van der Waals surface area contributed by atoms with Crippen molar-refractivity contribution in [3.8, 4) is 0 Å². The van der Waals surface area contributed by atoms with Gasteiger partial charge in [0.25, 0.3) is 0 Å². The number of hydrogen-bond donors (Lipinski definition) is 0. The van der Waals surface area contributed by atoms with E-state index in [4.69, 9.17) is 16.3 Å². The lowest BCUT2D eigenvalue weighted by atomic mass is 9.75. The summed E-state index contributed by atoms with van der Waals surface area (Å²) in [6.45, 7) is 4.18. The Morgan fingerprint density at radius 2 is 1.82 bits per heavy atom. The van der Waals surface area contributed by atoms with Gasteiger partial charge in [0.15, 0.2) is 0 Å². The van der Waals surface area contributed by atoms with Gasteiger partial charge in [-0.25, -0.2) is 9.18 Å². The molecule has 0 aromatic heterocycles. The zero-order valence-electron chi connectivity index (χ0n) is 18.9. The molecule has 0 saturated heterocycles. The van der Waals surface area contributed by atoms with Crippen molar-refractivity contribution < 1.29 is 18.7 Å². The first-order chi connectivity index (χ1) is 16.2. The maximum absolute atomic E-state index is 14.6. The number of anilines is 2. The first-order valence-electron chi connectivity index (χ1n) is 11.0. The average molecular weight is 543 g/mol. The van der Waals surface area contributed by atoms with Gasteiger partial charge in [-0.1, -0.05) is 53.5 Å². The number of nitrogens with zero attached hydrogens (tertiary/aromatic N) is 1. The molecule has 1 heterocycles. The highest BCUT2D eigenvalue weighted by atomic mass is 79.9. The maximum Gasteiger partial charge on any atom is 0.337 e. The SMILES string of the molecule is COC(=O)c1cc(Br)cc(N2C(=O)C3(CC3(c3ccc(Cl)cc3)C(C)C)c3cc(F)ccc32)c1. The normalized spacial score (nSPS) is 22.9. The molecule has 0 radical (unpaired) electrons. The zero-order valence-corrected chi connectivity index (χ0v) is 21.2. The number of methoxy groups -OCH3 is 1. The highest BCUT2D eigenvalue weighted by molar-refractivity contribution is 9.10. The van der Waals surface area contributed by atoms with E-state index in [1.165, 1.54) is 19.2 Å². The van der Waals surface area contributed by atoms with Crippen molar-refractivity contribution in [2.75, 3.05) is 12.0 Å². The van der Waals surface area contributed by atoms with Crippen LogP contribution in [0.25, 0.3) is 0 Å². The molecule has 4 nitrogen and oxygen atoms in total. The first-order valence-corrected chi connectivity index (χ1v) is 12.1. The van der Waals surface area contributed by atoms with Gasteiger partial charge in [-0.05, 0) is 72.0 Å². The molecule has 1 aliphatic heterocycles. The number of halogens is 3. The Labute approximate surface area is 210 Å². The largest absolute Gasteiger partial charge is 0.465 e. The first kappa shape index (κ1) is 23.1. The smallest absolute Gasteiger partial charge is 0.337 e. The van der Waals surface area contributed by atoms with Crippen molar-refractivity contribution >= 4 is 50.8 Å². The van der Waals surface area contributed by atoms with Crippen LogP contribution in [0.15, 0.2) is 65.1 Å². The summed E-state index contributed by atoms with van der Waals surface area (Å²) in [5.74, 6) is -0.933. The van der Waals surface area contributed by atoms with Crippen LogP contribution in [0, 0.1) is 11.7 Å². The van der Waals surface area contributed by atoms with Gasteiger partial charge in [-0.3, -0.25) is 9.69 Å². The van der Waals surface area contributed by atoms with Crippen molar-refractivity contribution in [1.82, 2.24) is 0 Å². The third-order valence-corrected chi connectivity index (χ3v) is 8.02. The molecule has 3 aromatic carbocycles. The van der Waals surface area contributed by atoms with Crippen LogP contribution < -0.4 is 4.90 Å². The second-order valence-electron chi connectivity index (χ2n) is 9.21. The van der Waals surface area contributed by atoms with Gasteiger partial charge in [0.1, 0.15) is 5.82 Å². The summed E-state index contributed by atoms with van der Waals surface area (Å²) in [7, 11) is 1.31. The van der Waals surface area contributed by atoms with Crippen LogP contribution in [0.1, 0.15) is 41.8 Å². The molecule has 1 fully saturated rings. The van der Waals surface area contributed by atoms with Crippen molar-refractivity contribution in [3.63, 3.8) is 0 Å². The van der Waals surface area contributed by atoms with Gasteiger partial charge >= 0.3 is 5.97 Å². The summed E-state index contributed by atoms with van der Waals surface area (Å²) >= 11 is 9.59. The van der Waals surface area contributed by atoms with E-state index < -0.39 is 22.6 Å². The lowest BCUT2D eigenvalue weighted by Gasteiger charge is -2.27. The lowest BCUT2D eigenvalue weighted by Crippen LogP contribution is -2.36. The number of hydrogen-bond acceptors (Lipinski definition) is 3. The summed E-state index contributed by atoms with van der Waals surface area (Å²) < 4.78 is 20.1. The fourth-order valence-electron chi connectivity index (χ4n) is 5.76. The Bertz CT molecular complexity index is 1340. The van der Waals surface area contributed by atoms with E-state index in [9.17, 15) is 14.0 Å². The number of esters is 1. The van der Waals surface area contributed by atoms with Crippen molar-refractivity contribution in [3.05, 3.63) is 92.7 Å². The van der Waals surface area contributed by atoms with Crippen LogP contribution in [0.2, 0.25) is 5.02 Å². The Morgan fingerprint density at radius 1 is 1.12 bits per heavy atom. The highest BCUT2D eigenvalue weighted by Gasteiger charge is 2.78. The number of fused-ring (bicyclic) bond motifs is 2. The third-order valence-electron chi connectivity index (χ3n) is 7.31. The van der Waals surface area contributed by atoms with E-state index >= 15 is 0 Å². The maximum atomic E-state index is 14.6. The minimum atomic E-state index is -0.916. The summed E-state index contributed by atoms with van der Waals surface area (Å²) in [4.78, 5) is 28.2. The zero-order chi connectivity index (χ0) is 24.4. The van der Waals surface area contributed by atoms with Crippen LogP contribution in [0.3, 0.4) is 0 Å². The second-order valence-corrected chi connectivity index (χ2v) is 10.6. The number of benzene rings is 3. The van der Waals surface area contributed by atoms with Crippen molar-refractivity contribution in [1.29, 1.82) is 0 Å². The van der Waals surface area contributed by atoms with Gasteiger partial charge in [0, 0.05) is 14.9 Å². The van der Waals surface area contributed by atoms with Crippen LogP contribution >= 0.6 is 27.5 Å². The topological polar surface area (TPSA) is 46.6 Å². The molecule has 5 rings (SSSR count). The van der Waals surface area contributed by atoms with Gasteiger partial charge in [-0.2, -0.15) is 0 Å². The van der Waals surface area contributed by atoms with E-state index in [2.05, 4.69) is 29.8 Å². The Morgan fingerprint density at radius 3 is 2.47 bits per heavy atom. The van der Waals surface area contributed by atoms with Gasteiger partial charge in [0.2, 0.25) is 5.91 Å². The molecule has 34 heavy (non-hydrogen) atoms. The van der Waals surface area contributed by atoms with E-state index in [-0.39, 0.29) is 11.8 Å². The predicted molar refractivity (Wildman–Crippen MR) is 133 cm³/mol. The Kier molecular flexibility index (Phi) is 5.37. The monoisotopic (exact) mass is 541 g/mol. The fraction of sp³-hybridized carbons (Fsp3) is 0.259. The summed E-state index contributed by atoms with van der Waals surface area (Å²) in [5.41, 5.74) is 1.70. The van der Waals surface area contributed by atoms with Gasteiger partial charge in [0.05, 0.1) is 29.5 Å². The van der Waals surface area contributed by atoms with Crippen molar-refractivity contribution in [2.24, 2.45) is 5.92 Å². The Balaban J connectivity index is 1.72. The molecule has 174 valence electrons. The van der Waals surface area contributed by atoms with E-state index in [1.807, 2.05) is 24.3 Å². The number of carbonyl (C=O) groups excluding carboxylic acids is 2.